The number of carbonyl (C=O) groups excluding carboxylic acids is 2. The second kappa shape index (κ2) is 4.23. The second-order valence-electron chi connectivity index (χ2n) is 7.04. The van der Waals surface area contributed by atoms with E-state index in [9.17, 15) is 9.59 Å². The minimum atomic E-state index is -0.0986. The highest BCUT2D eigenvalue weighted by atomic mass is 35.5. The molecule has 3 fully saturated rings. The van der Waals surface area contributed by atoms with Gasteiger partial charge in [-0.2, -0.15) is 0 Å². The number of nitrogens with zero attached hydrogens (tertiary/aromatic N) is 1. The van der Waals surface area contributed by atoms with Crippen molar-refractivity contribution in [2.75, 3.05) is 0 Å². The average molecular weight is 314 g/mol. The van der Waals surface area contributed by atoms with Crippen LogP contribution >= 0.6 is 11.6 Å². The summed E-state index contributed by atoms with van der Waals surface area (Å²) >= 11 is 5.90. The molecule has 2 bridgehead atoms. The van der Waals surface area contributed by atoms with Gasteiger partial charge in [0.25, 0.3) is 0 Å². The van der Waals surface area contributed by atoms with Crippen molar-refractivity contribution in [3.05, 3.63) is 47.0 Å². The summed E-state index contributed by atoms with van der Waals surface area (Å²) in [6, 6.07) is 7.37. The lowest BCUT2D eigenvalue weighted by atomic mass is 9.63. The van der Waals surface area contributed by atoms with Crippen LogP contribution in [-0.2, 0) is 16.1 Å². The Labute approximate surface area is 133 Å². The molecule has 0 spiro atoms. The topological polar surface area (TPSA) is 37.4 Å². The van der Waals surface area contributed by atoms with Crippen LogP contribution in [0.2, 0.25) is 5.02 Å². The molecule has 6 rings (SSSR count). The molecule has 0 radical (unpaired) electrons. The normalized spacial score (nSPS) is 40.9. The Balaban J connectivity index is 1.46. The lowest BCUT2D eigenvalue weighted by Gasteiger charge is -2.37. The number of hydrogen-bond acceptors (Lipinski definition) is 2. The summed E-state index contributed by atoms with van der Waals surface area (Å²) in [4.78, 5) is 27.1. The molecule has 0 unspecified atom stereocenters. The third-order valence-electron chi connectivity index (χ3n) is 6.01. The van der Waals surface area contributed by atoms with Crippen molar-refractivity contribution in [1.29, 1.82) is 0 Å². The molecule has 1 saturated heterocycles. The molecule has 0 aromatic heterocycles. The number of allylic oxidation sites excluding steroid dienone is 2. The molecule has 1 aromatic carbocycles. The molecule has 4 aliphatic carbocycles. The van der Waals surface area contributed by atoms with E-state index in [1.165, 1.54) is 11.3 Å². The highest BCUT2D eigenvalue weighted by Gasteiger charge is 2.66. The maximum Gasteiger partial charge on any atom is 0.234 e. The lowest BCUT2D eigenvalue weighted by molar-refractivity contribution is -0.140. The Morgan fingerprint density at radius 3 is 2.05 bits per heavy atom. The van der Waals surface area contributed by atoms with Crippen LogP contribution in [0.4, 0.5) is 0 Å². The third kappa shape index (κ3) is 1.58. The smallest absolute Gasteiger partial charge is 0.234 e. The Kier molecular flexibility index (Phi) is 2.48. The van der Waals surface area contributed by atoms with Gasteiger partial charge in [-0.15, -0.1) is 0 Å². The summed E-state index contributed by atoms with van der Waals surface area (Å²) in [5.74, 6) is 1.78. The van der Waals surface area contributed by atoms with Gasteiger partial charge in [0.05, 0.1) is 18.4 Å². The Hall–Kier alpha value is -1.61. The van der Waals surface area contributed by atoms with E-state index < -0.39 is 0 Å². The highest BCUT2D eigenvalue weighted by molar-refractivity contribution is 6.30. The SMILES string of the molecule is O=C1[C@@H]2[C@H]3C=C[C@@H]([C@@H]4C[C@H]34)[C@@H]2C(=O)N1Cc1ccc(Cl)cc1. The predicted molar refractivity (Wildman–Crippen MR) is 81.7 cm³/mol. The van der Waals surface area contributed by atoms with Gasteiger partial charge in [-0.3, -0.25) is 14.5 Å². The van der Waals surface area contributed by atoms with Crippen molar-refractivity contribution in [1.82, 2.24) is 4.90 Å². The van der Waals surface area contributed by atoms with E-state index in [1.54, 1.807) is 12.1 Å². The van der Waals surface area contributed by atoms with E-state index in [-0.39, 0.29) is 23.7 Å². The minimum Gasteiger partial charge on any atom is -0.278 e. The van der Waals surface area contributed by atoms with Gasteiger partial charge in [0.2, 0.25) is 11.8 Å². The fraction of sp³-hybridized carbons (Fsp3) is 0.444. The molecule has 0 N–H and O–H groups in total. The van der Waals surface area contributed by atoms with Crippen molar-refractivity contribution in [3.8, 4) is 0 Å². The van der Waals surface area contributed by atoms with Crippen LogP contribution in [0.25, 0.3) is 0 Å². The van der Waals surface area contributed by atoms with Crippen molar-refractivity contribution in [3.63, 3.8) is 0 Å². The molecule has 2 saturated carbocycles. The summed E-state index contributed by atoms with van der Waals surface area (Å²) in [6.07, 6.45) is 5.61. The summed E-state index contributed by atoms with van der Waals surface area (Å²) in [6.45, 7) is 0.372. The minimum absolute atomic E-state index is 0.0367. The van der Waals surface area contributed by atoms with Crippen molar-refractivity contribution >= 4 is 23.4 Å². The van der Waals surface area contributed by atoms with Gasteiger partial charge in [0.15, 0.2) is 0 Å². The fourth-order valence-electron chi connectivity index (χ4n) is 4.95. The van der Waals surface area contributed by atoms with Crippen LogP contribution in [0, 0.1) is 35.5 Å². The van der Waals surface area contributed by atoms with E-state index in [0.29, 0.717) is 35.2 Å². The van der Waals surface area contributed by atoms with Gasteiger partial charge in [-0.05, 0) is 47.8 Å². The molecular formula is C18H16ClNO2. The number of hydrogen-bond donors (Lipinski definition) is 0. The molecule has 3 nitrogen and oxygen atoms in total. The average Bonchev–Trinajstić information content (AvgIpc) is 3.30. The van der Waals surface area contributed by atoms with Gasteiger partial charge in [0, 0.05) is 5.02 Å². The lowest BCUT2D eigenvalue weighted by Crippen LogP contribution is -2.40. The number of carbonyl (C=O) groups is 2. The first-order valence-electron chi connectivity index (χ1n) is 7.93. The van der Waals surface area contributed by atoms with E-state index >= 15 is 0 Å². The molecule has 5 aliphatic rings. The van der Waals surface area contributed by atoms with Gasteiger partial charge in [0.1, 0.15) is 0 Å². The van der Waals surface area contributed by atoms with Crippen LogP contribution in [0.5, 0.6) is 0 Å². The number of rotatable bonds is 2. The molecule has 1 aromatic rings. The first kappa shape index (κ1) is 12.9. The summed E-state index contributed by atoms with van der Waals surface area (Å²) in [5.41, 5.74) is 0.954. The molecule has 1 aliphatic heterocycles. The van der Waals surface area contributed by atoms with Gasteiger partial charge < -0.3 is 0 Å². The molecule has 1 heterocycles. The number of benzene rings is 1. The Morgan fingerprint density at radius 2 is 1.50 bits per heavy atom. The zero-order valence-electron chi connectivity index (χ0n) is 12.0. The van der Waals surface area contributed by atoms with Crippen molar-refractivity contribution < 1.29 is 9.59 Å². The zero-order chi connectivity index (χ0) is 15.0. The molecule has 6 atom stereocenters. The molecule has 22 heavy (non-hydrogen) atoms. The van der Waals surface area contributed by atoms with Crippen LogP contribution in [-0.4, -0.2) is 16.7 Å². The number of likely N-dealkylation sites (tertiary alicyclic amines) is 1. The van der Waals surface area contributed by atoms with E-state index in [4.69, 9.17) is 11.6 Å². The number of halogens is 1. The third-order valence-corrected chi connectivity index (χ3v) is 6.26. The second-order valence-corrected chi connectivity index (χ2v) is 7.48. The molecule has 112 valence electrons. The maximum absolute atomic E-state index is 12.8. The van der Waals surface area contributed by atoms with Crippen LogP contribution in [0.1, 0.15) is 12.0 Å². The Bertz CT molecular complexity index is 674. The van der Waals surface area contributed by atoms with E-state index in [1.807, 2.05) is 12.1 Å². The first-order valence-corrected chi connectivity index (χ1v) is 8.31. The first-order chi connectivity index (χ1) is 10.6. The zero-order valence-corrected chi connectivity index (χ0v) is 12.7. The largest absolute Gasteiger partial charge is 0.278 e. The summed E-state index contributed by atoms with van der Waals surface area (Å²) < 4.78 is 0. The van der Waals surface area contributed by atoms with E-state index in [0.717, 1.165) is 5.56 Å². The van der Waals surface area contributed by atoms with Crippen LogP contribution in [0.15, 0.2) is 36.4 Å². The van der Waals surface area contributed by atoms with E-state index in [2.05, 4.69) is 12.2 Å². The quantitative estimate of drug-likeness (QED) is 0.622. The highest BCUT2D eigenvalue weighted by Crippen LogP contribution is 2.65. The van der Waals surface area contributed by atoms with Crippen molar-refractivity contribution in [2.45, 2.75) is 13.0 Å². The van der Waals surface area contributed by atoms with Gasteiger partial charge >= 0.3 is 0 Å². The van der Waals surface area contributed by atoms with Crippen LogP contribution in [0.3, 0.4) is 0 Å². The fourth-order valence-corrected chi connectivity index (χ4v) is 5.07. The monoisotopic (exact) mass is 313 g/mol. The molecular weight excluding hydrogens is 298 g/mol. The van der Waals surface area contributed by atoms with Gasteiger partial charge in [-0.1, -0.05) is 35.9 Å². The summed E-state index contributed by atoms with van der Waals surface area (Å²) in [5, 5.41) is 0.666. The summed E-state index contributed by atoms with van der Waals surface area (Å²) in [7, 11) is 0. The maximum atomic E-state index is 12.8. The number of amides is 2. The van der Waals surface area contributed by atoms with Gasteiger partial charge in [-0.25, -0.2) is 0 Å². The predicted octanol–water partition coefficient (Wildman–Crippen LogP) is 2.89. The number of imide groups is 1. The molecule has 2 amide bonds. The van der Waals surface area contributed by atoms with Crippen molar-refractivity contribution in [2.24, 2.45) is 35.5 Å². The molecule has 4 heteroatoms. The standard InChI is InChI=1S/C18H16ClNO2/c19-10-3-1-9(2-4-10)8-20-17(21)15-11-5-6-12(14-7-13(11)14)16(15)18(20)22/h1-6,11-16H,7-8H2/t11-,12-,13-,14+,15-,16+/m0/s1. The Morgan fingerprint density at radius 1 is 0.955 bits per heavy atom. The van der Waals surface area contributed by atoms with Crippen LogP contribution < -0.4 is 0 Å².